The fourth-order valence-corrected chi connectivity index (χ4v) is 2.40. The number of benzene rings is 1. The second-order valence-corrected chi connectivity index (χ2v) is 4.96. The average molecular weight is 319 g/mol. The van der Waals surface area contributed by atoms with Crippen LogP contribution in [-0.2, 0) is 0 Å². The van der Waals surface area contributed by atoms with Crippen molar-refractivity contribution < 1.29 is 19.3 Å². The molecule has 0 amide bonds. The molecule has 2 atom stereocenters. The summed E-state index contributed by atoms with van der Waals surface area (Å²) in [6.07, 6.45) is -0.321. The van der Waals surface area contributed by atoms with Gasteiger partial charge in [0.25, 0.3) is 0 Å². The monoisotopic (exact) mass is 318 g/mol. The van der Waals surface area contributed by atoms with Crippen LogP contribution in [0.2, 0.25) is 5.02 Å². The van der Waals surface area contributed by atoms with E-state index < -0.39 is 12.1 Å². The van der Waals surface area contributed by atoms with Crippen molar-refractivity contribution >= 4 is 11.6 Å². The minimum atomic E-state index is -0.925. The molecular weight excluding hydrogens is 296 g/mol. The number of hydrogen-bond donors (Lipinski definition) is 3. The van der Waals surface area contributed by atoms with Crippen LogP contribution in [0.15, 0.2) is 6.07 Å². The summed E-state index contributed by atoms with van der Waals surface area (Å²) in [5.74, 6) is 1.06. The Morgan fingerprint density at radius 3 is 2.24 bits per heavy atom. The molecule has 1 rings (SSSR count). The van der Waals surface area contributed by atoms with Crippen molar-refractivity contribution in [3.05, 3.63) is 16.7 Å². The summed E-state index contributed by atoms with van der Waals surface area (Å²) in [5.41, 5.74) is 6.49. The van der Waals surface area contributed by atoms with Crippen LogP contribution in [0.4, 0.5) is 0 Å². The summed E-state index contributed by atoms with van der Waals surface area (Å²) in [7, 11) is 6.28. The Kier molecular flexibility index (Phi) is 7.04. The van der Waals surface area contributed by atoms with Gasteiger partial charge in [-0.3, -0.25) is 0 Å². The lowest BCUT2D eigenvalue weighted by atomic mass is 9.98. The van der Waals surface area contributed by atoms with Gasteiger partial charge in [-0.2, -0.15) is 0 Å². The van der Waals surface area contributed by atoms with Crippen molar-refractivity contribution in [2.75, 3.05) is 34.9 Å². The van der Waals surface area contributed by atoms with Crippen molar-refractivity contribution in [2.45, 2.75) is 18.6 Å². The third-order valence-corrected chi connectivity index (χ3v) is 3.52. The first kappa shape index (κ1) is 17.8. The number of ether oxygens (including phenoxy) is 3. The van der Waals surface area contributed by atoms with Gasteiger partial charge >= 0.3 is 0 Å². The zero-order valence-corrected chi connectivity index (χ0v) is 13.5. The van der Waals surface area contributed by atoms with E-state index in [1.165, 1.54) is 21.3 Å². The molecule has 0 aliphatic rings. The molecule has 0 spiro atoms. The van der Waals surface area contributed by atoms with Gasteiger partial charge in [-0.15, -0.1) is 0 Å². The summed E-state index contributed by atoms with van der Waals surface area (Å²) in [6.45, 7) is 0.696. The lowest BCUT2D eigenvalue weighted by Gasteiger charge is -2.23. The number of hydrogen-bond acceptors (Lipinski definition) is 6. The van der Waals surface area contributed by atoms with Gasteiger partial charge in [0.15, 0.2) is 11.5 Å². The second-order valence-electron chi connectivity index (χ2n) is 4.55. The number of aliphatic hydroxyl groups is 1. The molecule has 0 bridgehead atoms. The number of methoxy groups -OCH3 is 3. The Labute approximate surface area is 130 Å². The SMILES string of the molecule is CNCCC(N)C(O)c1cc(Cl)c(OC)c(OC)c1OC. The lowest BCUT2D eigenvalue weighted by molar-refractivity contribution is 0.138. The summed E-state index contributed by atoms with van der Waals surface area (Å²) in [6, 6.07) is 1.13. The van der Waals surface area contributed by atoms with Crippen LogP contribution < -0.4 is 25.3 Å². The normalized spacial score (nSPS) is 13.7. The summed E-state index contributed by atoms with van der Waals surface area (Å²) >= 11 is 6.17. The third-order valence-electron chi connectivity index (χ3n) is 3.24. The number of aliphatic hydroxyl groups excluding tert-OH is 1. The first-order valence-electron chi connectivity index (χ1n) is 6.58. The van der Waals surface area contributed by atoms with Crippen molar-refractivity contribution in [2.24, 2.45) is 5.73 Å². The Bertz CT molecular complexity index is 471. The van der Waals surface area contributed by atoms with Crippen molar-refractivity contribution in [1.29, 1.82) is 0 Å². The minimum absolute atomic E-state index is 0.324. The Hall–Kier alpha value is -1.21. The van der Waals surface area contributed by atoms with Crippen LogP contribution in [0.25, 0.3) is 0 Å². The Morgan fingerprint density at radius 2 is 1.76 bits per heavy atom. The van der Waals surface area contributed by atoms with Gasteiger partial charge in [0.1, 0.15) is 0 Å². The maximum atomic E-state index is 10.4. The van der Waals surface area contributed by atoms with E-state index >= 15 is 0 Å². The van der Waals surface area contributed by atoms with Crippen LogP contribution in [0.5, 0.6) is 17.2 Å². The molecule has 21 heavy (non-hydrogen) atoms. The summed E-state index contributed by atoms with van der Waals surface area (Å²) in [5, 5.41) is 13.8. The molecule has 4 N–H and O–H groups in total. The lowest BCUT2D eigenvalue weighted by Crippen LogP contribution is -2.31. The van der Waals surface area contributed by atoms with Crippen molar-refractivity contribution in [1.82, 2.24) is 5.32 Å². The number of nitrogens with one attached hydrogen (secondary N) is 1. The molecule has 6 nitrogen and oxygen atoms in total. The van der Waals surface area contributed by atoms with Gasteiger partial charge in [0.05, 0.1) is 32.5 Å². The third kappa shape index (κ3) is 3.91. The predicted molar refractivity (Wildman–Crippen MR) is 82.6 cm³/mol. The van der Waals surface area contributed by atoms with E-state index in [-0.39, 0.29) is 0 Å². The molecule has 120 valence electrons. The molecule has 1 aromatic carbocycles. The molecule has 7 heteroatoms. The van der Waals surface area contributed by atoms with Gasteiger partial charge in [-0.05, 0) is 26.1 Å². The van der Waals surface area contributed by atoms with Crippen molar-refractivity contribution in [3.8, 4) is 17.2 Å². The molecule has 0 saturated carbocycles. The molecule has 1 aromatic rings. The molecule has 0 fully saturated rings. The largest absolute Gasteiger partial charge is 0.492 e. The zero-order valence-electron chi connectivity index (χ0n) is 12.8. The molecular formula is C14H23ClN2O4. The Balaban J connectivity index is 3.25. The molecule has 0 aliphatic carbocycles. The maximum Gasteiger partial charge on any atom is 0.205 e. The van der Waals surface area contributed by atoms with Gasteiger partial charge in [0.2, 0.25) is 5.75 Å². The van der Waals surface area contributed by atoms with Crippen LogP contribution in [0.3, 0.4) is 0 Å². The van der Waals surface area contributed by atoms with Gasteiger partial charge in [-0.25, -0.2) is 0 Å². The highest BCUT2D eigenvalue weighted by Gasteiger charge is 2.27. The zero-order chi connectivity index (χ0) is 16.0. The Morgan fingerprint density at radius 1 is 1.19 bits per heavy atom. The van der Waals surface area contributed by atoms with Crippen molar-refractivity contribution in [3.63, 3.8) is 0 Å². The van der Waals surface area contributed by atoms with Crippen LogP contribution in [0.1, 0.15) is 18.1 Å². The highest BCUT2D eigenvalue weighted by Crippen LogP contribution is 2.47. The summed E-state index contributed by atoms with van der Waals surface area (Å²) in [4.78, 5) is 0. The molecule has 2 unspecified atom stereocenters. The highest BCUT2D eigenvalue weighted by atomic mass is 35.5. The topological polar surface area (TPSA) is 86.0 Å². The van der Waals surface area contributed by atoms with Crippen LogP contribution in [0, 0.1) is 0 Å². The van der Waals surface area contributed by atoms with E-state index in [9.17, 15) is 5.11 Å². The fourth-order valence-electron chi connectivity index (χ4n) is 2.12. The molecule has 0 aliphatic heterocycles. The first-order valence-corrected chi connectivity index (χ1v) is 6.96. The van der Waals surface area contributed by atoms with Crippen LogP contribution >= 0.6 is 11.6 Å². The number of halogens is 1. The van der Waals surface area contributed by atoms with Gasteiger partial charge < -0.3 is 30.4 Å². The van der Waals surface area contributed by atoms with E-state index in [2.05, 4.69) is 5.32 Å². The molecule has 0 radical (unpaired) electrons. The minimum Gasteiger partial charge on any atom is -0.492 e. The molecule has 0 aromatic heterocycles. The quantitative estimate of drug-likeness (QED) is 0.670. The molecule has 0 heterocycles. The molecule has 0 saturated heterocycles. The highest BCUT2D eigenvalue weighted by molar-refractivity contribution is 6.32. The standard InChI is InChI=1S/C14H23ClN2O4/c1-17-6-5-10(16)11(18)8-7-9(15)13(20-3)14(21-4)12(8)19-2/h7,10-11,17-18H,5-6,16H2,1-4H3. The predicted octanol–water partition coefficient (Wildman–Crippen LogP) is 1.34. The van der Waals surface area contributed by atoms with Gasteiger partial charge in [0, 0.05) is 11.6 Å². The van der Waals surface area contributed by atoms with Crippen LogP contribution in [-0.4, -0.2) is 46.1 Å². The average Bonchev–Trinajstić information content (AvgIpc) is 2.50. The van der Waals surface area contributed by atoms with Gasteiger partial charge in [-0.1, -0.05) is 11.6 Å². The van der Waals surface area contributed by atoms with E-state index in [1.807, 2.05) is 7.05 Å². The number of nitrogens with two attached hydrogens (primary N) is 1. The summed E-state index contributed by atoms with van der Waals surface area (Å²) < 4.78 is 15.8. The fraction of sp³-hybridized carbons (Fsp3) is 0.571. The van der Waals surface area contributed by atoms with E-state index in [4.69, 9.17) is 31.5 Å². The van der Waals surface area contributed by atoms with E-state index in [1.54, 1.807) is 6.07 Å². The maximum absolute atomic E-state index is 10.4. The first-order chi connectivity index (χ1) is 10.0. The van der Waals surface area contributed by atoms with E-state index in [0.717, 1.165) is 0 Å². The van der Waals surface area contributed by atoms with E-state index in [0.29, 0.717) is 40.8 Å². The second kappa shape index (κ2) is 8.29. The smallest absolute Gasteiger partial charge is 0.205 e. The number of rotatable bonds is 8.